The Labute approximate surface area is 197 Å². The van der Waals surface area contributed by atoms with Crippen LogP contribution in [0.2, 0.25) is 0 Å². The molecular weight excluding hydrogens is 626 g/mol. The second-order valence-corrected chi connectivity index (χ2v) is 8.38. The van der Waals surface area contributed by atoms with Crippen molar-refractivity contribution < 1.29 is 40.3 Å². The number of rotatable bonds is 4. The van der Waals surface area contributed by atoms with E-state index >= 15 is 0 Å². The minimum atomic E-state index is -2.45. The largest absolute Gasteiger partial charge is 0.416 e. The molecule has 0 unspecified atom stereocenters. The van der Waals surface area contributed by atoms with E-state index in [4.69, 9.17) is 0 Å². The average molecular weight is 634 g/mol. The number of hydrogen-bond acceptors (Lipinski definition) is 3. The zero-order valence-corrected chi connectivity index (χ0v) is 19.3. The summed E-state index contributed by atoms with van der Waals surface area (Å²) in [5.74, 6) is -18.5. The van der Waals surface area contributed by atoms with Gasteiger partial charge in [0.25, 0.3) is 0 Å². The molecule has 12 heteroatoms. The molecule has 0 bridgehead atoms. The number of carbonyl (C=O) groups is 1. The fourth-order valence-corrected chi connectivity index (χ4v) is 3.65. The lowest BCUT2D eigenvalue weighted by Crippen LogP contribution is -2.16. The lowest BCUT2D eigenvalue weighted by Gasteiger charge is -2.16. The van der Waals surface area contributed by atoms with Gasteiger partial charge in [0.1, 0.15) is 0 Å². The Kier molecular flexibility index (Phi) is 7.03. The summed E-state index contributed by atoms with van der Waals surface area (Å²) in [4.78, 5) is 12.5. The minimum Gasteiger partial charge on any atom is -0.416 e. The van der Waals surface area contributed by atoms with Crippen molar-refractivity contribution in [2.75, 3.05) is 5.32 Å². The highest BCUT2D eigenvalue weighted by molar-refractivity contribution is 14.1. The van der Waals surface area contributed by atoms with Crippen LogP contribution >= 0.6 is 38.5 Å². The zero-order valence-electron chi connectivity index (χ0n) is 15.5. The molecule has 32 heavy (non-hydrogen) atoms. The molecule has 0 atom stereocenters. The first kappa shape index (κ1) is 24.3. The van der Waals surface area contributed by atoms with Gasteiger partial charge in [-0.15, -0.1) is 0 Å². The molecule has 0 aliphatic heterocycles. The minimum absolute atomic E-state index is 0.247. The van der Waals surface area contributed by atoms with E-state index in [0.29, 0.717) is 5.56 Å². The summed E-state index contributed by atoms with van der Waals surface area (Å²) in [6, 6.07) is 5.53. The van der Waals surface area contributed by atoms with Crippen LogP contribution in [0.25, 0.3) is 0 Å². The van der Waals surface area contributed by atoms with Crippen LogP contribution in [0.5, 0.6) is 5.75 Å². The summed E-state index contributed by atoms with van der Waals surface area (Å²) in [5, 5.41) is 2.50. The molecule has 0 aliphatic rings. The van der Waals surface area contributed by atoms with Crippen molar-refractivity contribution in [2.45, 2.75) is 6.92 Å². The van der Waals surface area contributed by atoms with Crippen molar-refractivity contribution >= 4 is 55.9 Å². The summed E-state index contributed by atoms with van der Waals surface area (Å²) in [6.07, 6.45) is 0. The molecule has 3 rings (SSSR count). The monoisotopic (exact) mass is 633 g/mol. The van der Waals surface area contributed by atoms with Crippen molar-refractivity contribution in [1.29, 1.82) is 0 Å². The van der Waals surface area contributed by atoms with E-state index in [0.717, 1.165) is 9.64 Å². The molecule has 0 amide bonds. The number of aryl methyl sites for hydroxylation is 1. The van der Waals surface area contributed by atoms with E-state index in [1.165, 1.54) is 6.07 Å². The summed E-state index contributed by atoms with van der Waals surface area (Å²) in [7, 11) is 0. The fourth-order valence-electron chi connectivity index (χ4n) is 2.60. The Morgan fingerprint density at radius 3 is 2.00 bits per heavy atom. The third kappa shape index (κ3) is 4.42. The molecule has 0 heterocycles. The molecule has 0 saturated heterocycles. The van der Waals surface area contributed by atoms with E-state index in [1.54, 1.807) is 19.1 Å². The highest BCUT2D eigenvalue weighted by atomic mass is 127. The van der Waals surface area contributed by atoms with Gasteiger partial charge in [0, 0.05) is 9.26 Å². The number of halogens is 9. The van der Waals surface area contributed by atoms with Gasteiger partial charge in [0.2, 0.25) is 34.8 Å². The fraction of sp³-hybridized carbons (Fsp3) is 0.0500. The lowest BCUT2D eigenvalue weighted by atomic mass is 10.1. The van der Waals surface area contributed by atoms with Crippen LogP contribution in [0.1, 0.15) is 15.9 Å². The van der Waals surface area contributed by atoms with E-state index in [1.807, 2.05) is 22.6 Å². The second-order valence-electron chi connectivity index (χ2n) is 6.28. The van der Waals surface area contributed by atoms with Gasteiger partial charge in [0.15, 0.2) is 11.6 Å². The number of anilines is 2. The molecule has 0 fully saturated rings. The molecule has 1 N–H and O–H groups in total. The maximum atomic E-state index is 14.7. The quantitative estimate of drug-likeness (QED) is 0.0819. The Bertz CT molecular complexity index is 1240. The van der Waals surface area contributed by atoms with Gasteiger partial charge in [-0.1, -0.05) is 0 Å². The Morgan fingerprint density at radius 1 is 0.875 bits per heavy atom. The number of nitrogens with one attached hydrogen (secondary N) is 1. The summed E-state index contributed by atoms with van der Waals surface area (Å²) in [5.41, 5.74) is -0.739. The van der Waals surface area contributed by atoms with Crippen molar-refractivity contribution in [2.24, 2.45) is 0 Å². The summed E-state index contributed by atoms with van der Waals surface area (Å²) in [6.45, 7) is 1.63. The normalized spacial score (nSPS) is 10.9. The Hall–Kier alpha value is -2.35. The number of esters is 1. The molecule has 0 radical (unpaired) electrons. The summed E-state index contributed by atoms with van der Waals surface area (Å²) >= 11 is 4.70. The summed E-state index contributed by atoms with van der Waals surface area (Å²) < 4.78 is 101. The maximum absolute atomic E-state index is 14.7. The standard InChI is InChI=1S/C20H8BrF7INO2/c1-6-4-7(29)2-3-10(6)30-18-8(5-9(21)11(22)15(18)26)20(31)32-19-16(27)13(24)12(23)14(25)17(19)28/h2-5,30H,1H3. The Balaban J connectivity index is 2.11. The van der Waals surface area contributed by atoms with Crippen molar-refractivity contribution in [1.82, 2.24) is 0 Å². The average Bonchev–Trinajstić information content (AvgIpc) is 2.75. The highest BCUT2D eigenvalue weighted by Crippen LogP contribution is 2.35. The molecule has 3 aromatic rings. The molecule has 0 saturated carbocycles. The van der Waals surface area contributed by atoms with Gasteiger partial charge in [0.05, 0.1) is 15.7 Å². The van der Waals surface area contributed by atoms with E-state index in [-0.39, 0.29) is 5.69 Å². The zero-order chi connectivity index (χ0) is 23.9. The number of carbonyl (C=O) groups excluding carboxylic acids is 1. The lowest BCUT2D eigenvalue weighted by molar-refractivity contribution is 0.0716. The van der Waals surface area contributed by atoms with Crippen LogP contribution in [0.4, 0.5) is 42.1 Å². The van der Waals surface area contributed by atoms with Gasteiger partial charge in [-0.25, -0.2) is 26.7 Å². The van der Waals surface area contributed by atoms with Gasteiger partial charge in [-0.05, 0) is 75.3 Å². The van der Waals surface area contributed by atoms with Gasteiger partial charge < -0.3 is 10.1 Å². The number of ether oxygens (including phenoxy) is 1. The molecule has 168 valence electrons. The second kappa shape index (κ2) is 9.25. The predicted octanol–water partition coefficient (Wildman–Crippen LogP) is 7.30. The number of benzene rings is 3. The van der Waals surface area contributed by atoms with Crippen LogP contribution in [-0.4, -0.2) is 5.97 Å². The topological polar surface area (TPSA) is 38.3 Å². The van der Waals surface area contributed by atoms with E-state index in [2.05, 4.69) is 26.0 Å². The molecule has 0 aromatic heterocycles. The maximum Gasteiger partial charge on any atom is 0.346 e. The van der Waals surface area contributed by atoms with Crippen LogP contribution in [0, 0.1) is 51.2 Å². The molecule has 3 aromatic carbocycles. The van der Waals surface area contributed by atoms with Gasteiger partial charge in [-0.2, -0.15) is 8.78 Å². The molecule has 0 aliphatic carbocycles. The van der Waals surface area contributed by atoms with Gasteiger partial charge in [-0.3, -0.25) is 0 Å². The highest BCUT2D eigenvalue weighted by Gasteiger charge is 2.31. The predicted molar refractivity (Wildman–Crippen MR) is 112 cm³/mol. The van der Waals surface area contributed by atoms with Crippen LogP contribution in [0.3, 0.4) is 0 Å². The molecular formula is C20H8BrF7INO2. The van der Waals surface area contributed by atoms with Crippen molar-refractivity contribution in [3.63, 3.8) is 0 Å². The third-order valence-corrected chi connectivity index (χ3v) is 5.44. The van der Waals surface area contributed by atoms with Crippen LogP contribution in [0.15, 0.2) is 28.7 Å². The Morgan fingerprint density at radius 2 is 1.44 bits per heavy atom. The first-order chi connectivity index (χ1) is 14.9. The van der Waals surface area contributed by atoms with E-state index < -0.39 is 68.2 Å². The van der Waals surface area contributed by atoms with Crippen molar-refractivity contribution in [3.05, 3.63) is 84.2 Å². The molecule has 3 nitrogen and oxygen atoms in total. The van der Waals surface area contributed by atoms with Gasteiger partial charge >= 0.3 is 5.97 Å². The van der Waals surface area contributed by atoms with Crippen LogP contribution in [-0.2, 0) is 0 Å². The number of hydrogen-bond donors (Lipinski definition) is 1. The third-order valence-electron chi connectivity index (χ3n) is 4.19. The smallest absolute Gasteiger partial charge is 0.346 e. The SMILES string of the molecule is Cc1cc(I)ccc1Nc1c(C(=O)Oc2c(F)c(F)c(F)c(F)c2F)cc(Br)c(F)c1F. The molecule has 0 spiro atoms. The first-order valence-electron chi connectivity index (χ1n) is 8.38. The van der Waals surface area contributed by atoms with E-state index in [9.17, 15) is 35.5 Å². The first-order valence-corrected chi connectivity index (χ1v) is 10.3. The van der Waals surface area contributed by atoms with Crippen molar-refractivity contribution in [3.8, 4) is 5.75 Å². The van der Waals surface area contributed by atoms with Crippen LogP contribution < -0.4 is 10.1 Å².